The van der Waals surface area contributed by atoms with Crippen molar-refractivity contribution in [3.63, 3.8) is 0 Å². The van der Waals surface area contributed by atoms with E-state index in [2.05, 4.69) is 4.98 Å². The zero-order chi connectivity index (χ0) is 13.3. The van der Waals surface area contributed by atoms with Crippen LogP contribution in [0.25, 0.3) is 5.69 Å². The minimum Gasteiger partial charge on any atom is -0.328 e. The molecule has 0 aliphatic heterocycles. The molecule has 2 rings (SSSR count). The summed E-state index contributed by atoms with van der Waals surface area (Å²) in [4.78, 5) is 3.96. The van der Waals surface area contributed by atoms with Crippen molar-refractivity contribution in [1.29, 1.82) is 0 Å². The van der Waals surface area contributed by atoms with E-state index in [1.807, 2.05) is 0 Å². The van der Waals surface area contributed by atoms with Gasteiger partial charge in [-0.15, -0.1) is 0 Å². The van der Waals surface area contributed by atoms with Gasteiger partial charge in [-0.25, -0.2) is 13.8 Å². The van der Waals surface area contributed by atoms with Crippen molar-refractivity contribution in [3.05, 3.63) is 47.5 Å². The van der Waals surface area contributed by atoms with E-state index >= 15 is 0 Å². The van der Waals surface area contributed by atoms with Crippen molar-refractivity contribution in [2.45, 2.75) is 26.3 Å². The minimum absolute atomic E-state index is 0.0987. The first-order valence-corrected chi connectivity index (χ1v) is 5.73. The van der Waals surface area contributed by atoms with Crippen molar-refractivity contribution in [2.75, 3.05) is 0 Å². The lowest BCUT2D eigenvalue weighted by atomic mass is 10.1. The van der Waals surface area contributed by atoms with Crippen LogP contribution in [0.4, 0.5) is 8.78 Å². The van der Waals surface area contributed by atoms with Crippen LogP contribution >= 0.6 is 0 Å². The summed E-state index contributed by atoms with van der Waals surface area (Å²) in [6.45, 7) is 3.48. The molecule has 1 aromatic heterocycles. The number of rotatable bonds is 3. The van der Waals surface area contributed by atoms with Crippen LogP contribution in [-0.4, -0.2) is 15.6 Å². The highest BCUT2D eigenvalue weighted by Gasteiger charge is 2.15. The average Bonchev–Trinajstić information content (AvgIpc) is 2.63. The first kappa shape index (κ1) is 12.7. The Morgan fingerprint density at radius 2 is 1.94 bits per heavy atom. The number of aryl methyl sites for hydroxylation is 1. The molecule has 2 N–H and O–H groups in total. The molecule has 1 aromatic carbocycles. The van der Waals surface area contributed by atoms with Gasteiger partial charge in [0.25, 0.3) is 0 Å². The third-order valence-electron chi connectivity index (χ3n) is 2.70. The van der Waals surface area contributed by atoms with Crippen LogP contribution < -0.4 is 5.73 Å². The van der Waals surface area contributed by atoms with Crippen LogP contribution in [0, 0.1) is 18.6 Å². The molecule has 1 atom stereocenters. The van der Waals surface area contributed by atoms with Crippen LogP contribution in [0.15, 0.2) is 24.5 Å². The Morgan fingerprint density at radius 1 is 1.33 bits per heavy atom. The highest BCUT2D eigenvalue weighted by atomic mass is 19.1. The number of hydrogen-bond donors (Lipinski definition) is 1. The van der Waals surface area contributed by atoms with Gasteiger partial charge in [-0.05, 0) is 38.0 Å². The second-order valence-corrected chi connectivity index (χ2v) is 4.43. The Morgan fingerprint density at radius 3 is 2.39 bits per heavy atom. The predicted octanol–water partition coefficient (Wildman–Crippen LogP) is 2.35. The normalized spacial score (nSPS) is 12.7. The van der Waals surface area contributed by atoms with E-state index in [-0.39, 0.29) is 11.7 Å². The molecule has 0 saturated heterocycles. The van der Waals surface area contributed by atoms with Crippen molar-refractivity contribution in [1.82, 2.24) is 9.55 Å². The van der Waals surface area contributed by atoms with Crippen molar-refractivity contribution < 1.29 is 8.78 Å². The Kier molecular flexibility index (Phi) is 3.43. The number of aromatic nitrogens is 2. The van der Waals surface area contributed by atoms with Crippen LogP contribution in [0.2, 0.25) is 0 Å². The second kappa shape index (κ2) is 4.86. The third-order valence-corrected chi connectivity index (χ3v) is 2.70. The van der Waals surface area contributed by atoms with Gasteiger partial charge < -0.3 is 5.73 Å². The second-order valence-electron chi connectivity index (χ2n) is 4.43. The predicted molar refractivity (Wildman–Crippen MR) is 65.6 cm³/mol. The first-order valence-electron chi connectivity index (χ1n) is 5.73. The van der Waals surface area contributed by atoms with Gasteiger partial charge >= 0.3 is 0 Å². The summed E-state index contributed by atoms with van der Waals surface area (Å²) in [5, 5.41) is 0. The number of nitrogens with two attached hydrogens (primary N) is 1. The molecular formula is C13H15F2N3. The maximum atomic E-state index is 14.0. The van der Waals surface area contributed by atoms with Gasteiger partial charge in [0.15, 0.2) is 11.6 Å². The minimum atomic E-state index is -0.605. The van der Waals surface area contributed by atoms with E-state index in [4.69, 9.17) is 5.73 Å². The number of nitrogens with zero attached hydrogens (tertiary/aromatic N) is 2. The van der Waals surface area contributed by atoms with Crippen LogP contribution in [0.5, 0.6) is 0 Å². The fourth-order valence-electron chi connectivity index (χ4n) is 1.95. The summed E-state index contributed by atoms with van der Waals surface area (Å²) in [6.07, 6.45) is 3.48. The smallest absolute Gasteiger partial charge is 0.150 e. The Hall–Kier alpha value is -1.75. The quantitative estimate of drug-likeness (QED) is 0.910. The molecule has 0 aliphatic carbocycles. The zero-order valence-corrected chi connectivity index (χ0v) is 10.3. The molecule has 18 heavy (non-hydrogen) atoms. The van der Waals surface area contributed by atoms with Gasteiger partial charge in [0.2, 0.25) is 0 Å². The molecule has 0 amide bonds. The van der Waals surface area contributed by atoms with Gasteiger partial charge in [-0.3, -0.25) is 4.57 Å². The maximum absolute atomic E-state index is 14.0. The van der Waals surface area contributed by atoms with E-state index < -0.39 is 11.6 Å². The summed E-state index contributed by atoms with van der Waals surface area (Å²) in [6, 6.07) is 2.51. The third kappa shape index (κ3) is 2.41. The monoisotopic (exact) mass is 251 g/mol. The van der Waals surface area contributed by atoms with E-state index in [9.17, 15) is 8.78 Å². The zero-order valence-electron chi connectivity index (χ0n) is 10.3. The topological polar surface area (TPSA) is 43.8 Å². The number of hydrogen-bond acceptors (Lipinski definition) is 2. The number of halogens is 2. The fourth-order valence-corrected chi connectivity index (χ4v) is 1.95. The molecule has 0 aliphatic rings. The molecule has 0 saturated carbocycles. The summed E-state index contributed by atoms with van der Waals surface area (Å²) in [7, 11) is 0. The van der Waals surface area contributed by atoms with Gasteiger partial charge in [0.1, 0.15) is 11.5 Å². The van der Waals surface area contributed by atoms with E-state index in [0.717, 1.165) is 0 Å². The van der Waals surface area contributed by atoms with Crippen molar-refractivity contribution >= 4 is 0 Å². The molecule has 0 fully saturated rings. The standard InChI is InChI=1S/C13H15F2N3/c1-8(16)5-10-6-11(14)13(12(15)7-10)18-4-3-17-9(18)2/h3-4,6-8H,5,16H2,1-2H3. The average molecular weight is 251 g/mol. The summed E-state index contributed by atoms with van der Waals surface area (Å²) < 4.78 is 29.3. The molecule has 0 spiro atoms. The lowest BCUT2D eigenvalue weighted by Gasteiger charge is -2.11. The SMILES string of the molecule is Cc1nccn1-c1c(F)cc(CC(C)N)cc1F. The molecule has 0 bridgehead atoms. The molecule has 0 radical (unpaired) electrons. The Labute approximate surface area is 104 Å². The highest BCUT2D eigenvalue weighted by molar-refractivity contribution is 5.39. The molecule has 2 aromatic rings. The van der Waals surface area contributed by atoms with E-state index in [1.54, 1.807) is 13.8 Å². The van der Waals surface area contributed by atoms with Crippen LogP contribution in [0.3, 0.4) is 0 Å². The lowest BCUT2D eigenvalue weighted by Crippen LogP contribution is -2.18. The summed E-state index contributed by atoms with van der Waals surface area (Å²) in [5.74, 6) is -0.675. The van der Waals surface area contributed by atoms with E-state index in [1.165, 1.54) is 29.1 Å². The molecular weight excluding hydrogens is 236 g/mol. The highest BCUT2D eigenvalue weighted by Crippen LogP contribution is 2.21. The molecule has 5 heteroatoms. The van der Waals surface area contributed by atoms with Gasteiger partial charge in [0.05, 0.1) is 0 Å². The van der Waals surface area contributed by atoms with Gasteiger partial charge in [0, 0.05) is 18.4 Å². The number of benzene rings is 1. The lowest BCUT2D eigenvalue weighted by molar-refractivity contribution is 0.561. The first-order chi connectivity index (χ1) is 8.49. The largest absolute Gasteiger partial charge is 0.328 e. The molecule has 3 nitrogen and oxygen atoms in total. The van der Waals surface area contributed by atoms with Crippen LogP contribution in [-0.2, 0) is 6.42 Å². The van der Waals surface area contributed by atoms with Crippen LogP contribution in [0.1, 0.15) is 18.3 Å². The molecule has 1 unspecified atom stereocenters. The Balaban J connectivity index is 2.48. The fraction of sp³-hybridized carbons (Fsp3) is 0.308. The summed E-state index contributed by atoms with van der Waals surface area (Å²) in [5.41, 5.74) is 6.08. The molecule has 96 valence electrons. The summed E-state index contributed by atoms with van der Waals surface area (Å²) >= 11 is 0. The molecule has 1 heterocycles. The van der Waals surface area contributed by atoms with E-state index in [0.29, 0.717) is 17.8 Å². The van der Waals surface area contributed by atoms with Gasteiger partial charge in [-0.1, -0.05) is 0 Å². The Bertz CT molecular complexity index is 538. The van der Waals surface area contributed by atoms with Crippen molar-refractivity contribution in [2.24, 2.45) is 5.73 Å². The van der Waals surface area contributed by atoms with Crippen molar-refractivity contribution in [3.8, 4) is 5.69 Å². The van der Waals surface area contributed by atoms with Gasteiger partial charge in [-0.2, -0.15) is 0 Å². The number of imidazole rings is 1. The maximum Gasteiger partial charge on any atom is 0.150 e.